The quantitative estimate of drug-likeness (QED) is 0.0629. The molecule has 0 spiro atoms. The van der Waals surface area contributed by atoms with Gasteiger partial charge in [0.2, 0.25) is 5.91 Å². The minimum absolute atomic E-state index is 0.0378. The lowest BCUT2D eigenvalue weighted by molar-refractivity contribution is -0.145. The molecule has 2 atom stereocenters. The maximum absolute atomic E-state index is 12.9. The second-order valence-electron chi connectivity index (χ2n) is 7.68. The SMILES string of the molecule is CO.NCCCCC(NC(=O)C(CCCCN(CC(=O)O)CC(=O)O)N(CC=O)CC(=O)O)C(=O)O. The first kappa shape index (κ1) is 35.0. The van der Waals surface area contributed by atoms with Gasteiger partial charge in [-0.15, -0.1) is 0 Å². The Balaban J connectivity index is 0. The molecule has 0 bridgehead atoms. The van der Waals surface area contributed by atoms with Gasteiger partial charge in [-0.05, 0) is 45.2 Å². The van der Waals surface area contributed by atoms with E-state index in [-0.39, 0.29) is 38.8 Å². The van der Waals surface area contributed by atoms with Crippen LogP contribution in [0.1, 0.15) is 38.5 Å². The van der Waals surface area contributed by atoms with E-state index in [0.717, 1.165) is 12.0 Å². The lowest BCUT2D eigenvalue weighted by atomic mass is 10.0. The summed E-state index contributed by atoms with van der Waals surface area (Å²) in [6.07, 6.45) is 2.14. The Morgan fingerprint density at radius 1 is 0.833 bits per heavy atom. The number of aliphatic hydroxyl groups is 1. The number of aliphatic hydroxyl groups excluding tert-OH is 1. The summed E-state index contributed by atoms with van der Waals surface area (Å²) >= 11 is 0. The van der Waals surface area contributed by atoms with E-state index in [2.05, 4.69) is 5.32 Å². The summed E-state index contributed by atoms with van der Waals surface area (Å²) in [6.45, 7) is -1.54. The molecule has 15 nitrogen and oxygen atoms in total. The smallest absolute Gasteiger partial charge is 0.326 e. The van der Waals surface area contributed by atoms with E-state index in [1.165, 1.54) is 4.90 Å². The number of carbonyl (C=O) groups is 6. The predicted octanol–water partition coefficient (Wildman–Crippen LogP) is -2.11. The number of carbonyl (C=O) groups excluding carboxylic acids is 2. The Kier molecular flexibility index (Phi) is 20.6. The number of aliphatic carboxylic acids is 4. The monoisotopic (exact) mass is 522 g/mol. The number of carboxylic acid groups (broad SMARTS) is 4. The highest BCUT2D eigenvalue weighted by atomic mass is 16.4. The Morgan fingerprint density at radius 3 is 1.81 bits per heavy atom. The van der Waals surface area contributed by atoms with Gasteiger partial charge in [-0.1, -0.05) is 6.42 Å². The fraction of sp³-hybridized carbons (Fsp3) is 0.714. The highest BCUT2D eigenvalue weighted by Gasteiger charge is 2.30. The molecule has 0 aliphatic carbocycles. The number of nitrogens with zero attached hydrogens (tertiary/aromatic N) is 2. The molecular formula is C21H38N4O11. The van der Waals surface area contributed by atoms with E-state index >= 15 is 0 Å². The summed E-state index contributed by atoms with van der Waals surface area (Å²) in [5.74, 6) is -5.71. The van der Waals surface area contributed by atoms with Crippen molar-refractivity contribution in [3.05, 3.63) is 0 Å². The predicted molar refractivity (Wildman–Crippen MR) is 125 cm³/mol. The van der Waals surface area contributed by atoms with Crippen LogP contribution in [-0.4, -0.2) is 130 Å². The first-order chi connectivity index (χ1) is 17.0. The molecule has 15 heteroatoms. The third-order valence-electron chi connectivity index (χ3n) is 4.87. The first-order valence-corrected chi connectivity index (χ1v) is 11.2. The number of rotatable bonds is 21. The summed E-state index contributed by atoms with van der Waals surface area (Å²) in [5.41, 5.74) is 5.40. The van der Waals surface area contributed by atoms with Gasteiger partial charge in [-0.3, -0.25) is 29.0 Å². The number of amides is 1. The van der Waals surface area contributed by atoms with Gasteiger partial charge in [0.05, 0.1) is 32.2 Å². The number of hydrogen-bond acceptors (Lipinski definition) is 10. The van der Waals surface area contributed by atoms with Crippen LogP contribution < -0.4 is 11.1 Å². The molecule has 0 rings (SSSR count). The Bertz CT molecular complexity index is 689. The van der Waals surface area contributed by atoms with E-state index in [9.17, 15) is 33.9 Å². The van der Waals surface area contributed by atoms with E-state index in [4.69, 9.17) is 26.2 Å². The van der Waals surface area contributed by atoms with Crippen LogP contribution in [0.15, 0.2) is 0 Å². The summed E-state index contributed by atoms with van der Waals surface area (Å²) in [5, 5.41) is 45.7. The zero-order valence-electron chi connectivity index (χ0n) is 20.4. The van der Waals surface area contributed by atoms with Gasteiger partial charge in [0.1, 0.15) is 12.3 Å². The van der Waals surface area contributed by atoms with Crippen LogP contribution in [0.25, 0.3) is 0 Å². The summed E-state index contributed by atoms with van der Waals surface area (Å²) < 4.78 is 0. The van der Waals surface area contributed by atoms with Crippen molar-refractivity contribution < 1.29 is 54.3 Å². The van der Waals surface area contributed by atoms with Crippen molar-refractivity contribution in [1.29, 1.82) is 0 Å². The average molecular weight is 523 g/mol. The molecule has 0 aromatic rings. The second-order valence-corrected chi connectivity index (χ2v) is 7.68. The van der Waals surface area contributed by atoms with Crippen LogP contribution in [0.2, 0.25) is 0 Å². The van der Waals surface area contributed by atoms with Gasteiger partial charge >= 0.3 is 23.9 Å². The highest BCUT2D eigenvalue weighted by Crippen LogP contribution is 2.12. The van der Waals surface area contributed by atoms with Gasteiger partial charge in [-0.2, -0.15) is 0 Å². The van der Waals surface area contributed by atoms with Crippen LogP contribution in [0, 0.1) is 0 Å². The van der Waals surface area contributed by atoms with E-state index in [1.807, 2.05) is 0 Å². The minimum atomic E-state index is -1.29. The number of carboxylic acids is 4. The van der Waals surface area contributed by atoms with Crippen molar-refractivity contribution in [3.63, 3.8) is 0 Å². The van der Waals surface area contributed by atoms with Crippen LogP contribution in [0.3, 0.4) is 0 Å². The fourth-order valence-corrected chi connectivity index (χ4v) is 3.34. The van der Waals surface area contributed by atoms with Crippen LogP contribution >= 0.6 is 0 Å². The molecule has 0 saturated carbocycles. The Morgan fingerprint density at radius 2 is 1.36 bits per heavy atom. The number of nitrogens with two attached hydrogens (primary N) is 1. The van der Waals surface area contributed by atoms with E-state index in [1.54, 1.807) is 0 Å². The molecule has 0 aromatic carbocycles. The molecule has 0 heterocycles. The molecule has 0 radical (unpaired) electrons. The van der Waals surface area contributed by atoms with Crippen molar-refractivity contribution in [1.82, 2.24) is 15.1 Å². The number of hydrogen-bond donors (Lipinski definition) is 7. The van der Waals surface area contributed by atoms with E-state index < -0.39 is 61.5 Å². The Labute approximate surface area is 208 Å². The normalized spacial score (nSPS) is 12.2. The average Bonchev–Trinajstić information content (AvgIpc) is 2.78. The molecule has 2 unspecified atom stereocenters. The minimum Gasteiger partial charge on any atom is -0.480 e. The van der Waals surface area contributed by atoms with Crippen molar-refractivity contribution in [3.8, 4) is 0 Å². The molecule has 8 N–H and O–H groups in total. The summed E-state index contributed by atoms with van der Waals surface area (Å²) in [7, 11) is 1.00. The zero-order chi connectivity index (χ0) is 28.1. The van der Waals surface area contributed by atoms with Crippen molar-refractivity contribution >= 4 is 36.1 Å². The van der Waals surface area contributed by atoms with Crippen LogP contribution in [0.4, 0.5) is 0 Å². The zero-order valence-corrected chi connectivity index (χ0v) is 20.4. The lowest BCUT2D eigenvalue weighted by Gasteiger charge is -2.29. The van der Waals surface area contributed by atoms with Crippen molar-refractivity contribution in [2.75, 3.05) is 46.4 Å². The van der Waals surface area contributed by atoms with Gasteiger partial charge in [0.25, 0.3) is 0 Å². The van der Waals surface area contributed by atoms with Crippen LogP contribution in [0.5, 0.6) is 0 Å². The molecule has 1 amide bonds. The molecular weight excluding hydrogens is 484 g/mol. The lowest BCUT2D eigenvalue weighted by Crippen LogP contribution is -2.53. The van der Waals surface area contributed by atoms with Crippen molar-refractivity contribution in [2.45, 2.75) is 50.6 Å². The van der Waals surface area contributed by atoms with Gasteiger partial charge in [-0.25, -0.2) is 4.79 Å². The van der Waals surface area contributed by atoms with Gasteiger partial charge in [0, 0.05) is 7.11 Å². The molecule has 0 aromatic heterocycles. The Hall–Kier alpha value is -3.14. The number of aldehydes is 1. The number of nitrogens with one attached hydrogen (secondary N) is 1. The summed E-state index contributed by atoms with van der Waals surface area (Å²) in [6, 6.07) is -2.35. The molecule has 208 valence electrons. The molecule has 0 fully saturated rings. The third kappa shape index (κ3) is 17.3. The fourth-order valence-electron chi connectivity index (χ4n) is 3.34. The topological polar surface area (TPSA) is 248 Å². The highest BCUT2D eigenvalue weighted by molar-refractivity contribution is 5.87. The van der Waals surface area contributed by atoms with Crippen LogP contribution in [-0.2, 0) is 28.8 Å². The number of unbranched alkanes of at least 4 members (excludes halogenated alkanes) is 2. The third-order valence-corrected chi connectivity index (χ3v) is 4.87. The molecule has 0 aliphatic rings. The van der Waals surface area contributed by atoms with E-state index in [0.29, 0.717) is 25.7 Å². The molecule has 36 heavy (non-hydrogen) atoms. The molecule has 0 aliphatic heterocycles. The maximum atomic E-state index is 12.9. The second kappa shape index (κ2) is 21.2. The first-order valence-electron chi connectivity index (χ1n) is 11.2. The van der Waals surface area contributed by atoms with Gasteiger partial charge in [0.15, 0.2) is 0 Å². The van der Waals surface area contributed by atoms with Gasteiger partial charge < -0.3 is 41.4 Å². The standard InChI is InChI=1S/C20H34N4O10.CH4O/c21-7-3-1-5-14(20(33)34)22-19(32)15(24(9-10-25)13-18(30)31)6-2-4-8-23(11-16(26)27)12-17(28)29;1-2/h10,14-15H,1-9,11-13,21H2,(H,22,32)(H,26,27)(H,28,29)(H,30,31)(H,33,34);2H,1H3. The largest absolute Gasteiger partial charge is 0.480 e. The van der Waals surface area contributed by atoms with Crippen molar-refractivity contribution in [2.24, 2.45) is 5.73 Å². The maximum Gasteiger partial charge on any atom is 0.326 e. The summed E-state index contributed by atoms with van der Waals surface area (Å²) in [4.78, 5) is 70.8. The molecule has 0 saturated heterocycles.